The number of Topliss-reactive ketones (excluding diaryl/α,β-unsaturated/α-hetero) is 1. The number of alkyl carbamates (subject to hydrolysis) is 1. The average Bonchev–Trinajstić information content (AvgIpc) is 4.28. The van der Waals surface area contributed by atoms with Crippen LogP contribution in [0.2, 0.25) is 0 Å². The summed E-state index contributed by atoms with van der Waals surface area (Å²) < 4.78 is 42.2. The number of hydrogen-bond acceptors (Lipinski definition) is 16. The second-order valence-electron chi connectivity index (χ2n) is 22.6. The molecule has 440 valence electrons. The van der Waals surface area contributed by atoms with Gasteiger partial charge in [0.15, 0.2) is 10.8 Å². The Morgan fingerprint density at radius 3 is 2.39 bits per heavy atom. The number of ether oxygens (including phenoxy) is 7. The van der Waals surface area contributed by atoms with Crippen LogP contribution >= 0.6 is 11.8 Å². The molecule has 2 fully saturated rings. The molecule has 3 N–H and O–H groups in total. The smallest absolute Gasteiger partial charge is 0.410 e. The Labute approximate surface area is 472 Å². The van der Waals surface area contributed by atoms with Gasteiger partial charge in [0.2, 0.25) is 11.8 Å². The number of methoxy groups -OCH3 is 2. The van der Waals surface area contributed by atoms with Crippen LogP contribution in [-0.2, 0) is 63.6 Å². The zero-order chi connectivity index (χ0) is 58.4. The minimum absolute atomic E-state index is 0.0255. The van der Waals surface area contributed by atoms with Crippen LogP contribution in [0.4, 0.5) is 4.79 Å². The van der Waals surface area contributed by atoms with E-state index in [1.165, 1.54) is 26.0 Å². The van der Waals surface area contributed by atoms with E-state index in [1.807, 2.05) is 58.1 Å². The second-order valence-corrected chi connectivity index (χ2v) is 23.7. The first-order chi connectivity index (χ1) is 37.3. The molecule has 4 aliphatic rings. The molecule has 19 heteroatoms. The van der Waals surface area contributed by atoms with Gasteiger partial charge in [0.1, 0.15) is 47.1 Å². The third-order valence-electron chi connectivity index (χ3n) is 16.4. The van der Waals surface area contributed by atoms with Crippen molar-refractivity contribution < 1.29 is 71.8 Å². The van der Waals surface area contributed by atoms with Crippen LogP contribution in [0.5, 0.6) is 5.75 Å². The van der Waals surface area contributed by atoms with Gasteiger partial charge in [0.25, 0.3) is 0 Å². The molecule has 0 saturated carbocycles. The van der Waals surface area contributed by atoms with Crippen LogP contribution in [-0.4, -0.2) is 144 Å². The topological polar surface area (TPSA) is 235 Å². The normalized spacial score (nSPS) is 30.9. The number of carbonyl (C=O) groups excluding carboxylic acids is 7. The third kappa shape index (κ3) is 17.2. The zero-order valence-electron chi connectivity index (χ0n) is 48.9. The number of rotatable bonds is 20. The molecule has 3 amide bonds. The quantitative estimate of drug-likeness (QED) is 0.0366. The number of fused-ring (bicyclic) bond motifs is 5. The predicted octanol–water partition coefficient (Wildman–Crippen LogP) is 8.32. The number of hydrogen-bond donors (Lipinski definition) is 3. The van der Waals surface area contributed by atoms with E-state index in [2.05, 4.69) is 10.6 Å². The predicted molar refractivity (Wildman–Crippen MR) is 300 cm³/mol. The average molecular weight is 1120 g/mol. The van der Waals surface area contributed by atoms with Crippen molar-refractivity contribution in [2.75, 3.05) is 40.2 Å². The third-order valence-corrected chi connectivity index (χ3v) is 17.5. The summed E-state index contributed by atoms with van der Waals surface area (Å²) in [6, 6.07) is 2.81. The van der Waals surface area contributed by atoms with Gasteiger partial charge < -0.3 is 48.5 Å². The summed E-state index contributed by atoms with van der Waals surface area (Å²) in [5.41, 5.74) is -1.10. The monoisotopic (exact) mass is 1120 g/mol. The highest BCUT2D eigenvalue weighted by Crippen LogP contribution is 2.52. The second kappa shape index (κ2) is 29.1. The van der Waals surface area contributed by atoms with Crippen molar-refractivity contribution in [3.05, 3.63) is 64.8 Å². The summed E-state index contributed by atoms with van der Waals surface area (Å²) in [6.45, 7) is 18.6. The molecule has 5 rings (SSSR count). The fourth-order valence-electron chi connectivity index (χ4n) is 10.7. The molecule has 0 radical (unpaired) electrons. The lowest BCUT2D eigenvalue weighted by Crippen LogP contribution is -2.67. The highest BCUT2D eigenvalue weighted by molar-refractivity contribution is 8.13. The Hall–Kier alpha value is -5.08. The molecule has 2 aliphatic heterocycles. The number of benzene rings is 1. The number of aliphatic hydroxyl groups is 1. The lowest BCUT2D eigenvalue weighted by atomic mass is 9.75. The summed E-state index contributed by atoms with van der Waals surface area (Å²) >= 11 is 1.02. The first-order valence-electron chi connectivity index (χ1n) is 28.2. The maximum atomic E-state index is 14.6. The fraction of sp³-hybridized carbons (Fsp3) is 0.683. The number of esters is 2. The molecular formula is C60H89N3O15S. The highest BCUT2D eigenvalue weighted by Gasteiger charge is 2.67. The van der Waals surface area contributed by atoms with Gasteiger partial charge in [0, 0.05) is 69.9 Å². The molecule has 2 saturated heterocycles. The van der Waals surface area contributed by atoms with Gasteiger partial charge in [0.05, 0.1) is 31.8 Å². The van der Waals surface area contributed by atoms with Gasteiger partial charge >= 0.3 is 18.0 Å². The fourth-order valence-corrected chi connectivity index (χ4v) is 11.6. The number of nitrogens with zero attached hydrogens (tertiary/aromatic N) is 1. The first kappa shape index (κ1) is 64.7. The minimum atomic E-state index is -1.89. The molecule has 1 aromatic rings. The van der Waals surface area contributed by atoms with Crippen molar-refractivity contribution in [2.45, 2.75) is 206 Å². The Balaban J connectivity index is 1.22. The number of ketones is 1. The number of likely N-dealkylation sites (N-methyl/N-ethyl adjacent to an activating group) is 1. The largest absolute Gasteiger partial charge is 0.496 e. The van der Waals surface area contributed by atoms with Crippen molar-refractivity contribution in [3.63, 3.8) is 0 Å². The Bertz CT molecular complexity index is 2430. The minimum Gasteiger partial charge on any atom is -0.496 e. The summed E-state index contributed by atoms with van der Waals surface area (Å²) in [5.74, 6) is -3.24. The van der Waals surface area contributed by atoms with Gasteiger partial charge in [-0.25, -0.2) is 9.59 Å². The maximum absolute atomic E-state index is 14.6. The number of allylic oxidation sites excluding steroid dienone is 4. The van der Waals surface area contributed by atoms with E-state index in [0.717, 1.165) is 66.1 Å². The van der Waals surface area contributed by atoms with E-state index in [1.54, 1.807) is 53.9 Å². The number of carbonyl (C=O) groups is 7. The van der Waals surface area contributed by atoms with Crippen molar-refractivity contribution in [2.24, 2.45) is 17.8 Å². The molecule has 0 aromatic heterocycles. The molecule has 8 unspecified atom stereocenters. The lowest BCUT2D eigenvalue weighted by molar-refractivity contribution is -0.173. The molecule has 1 aromatic carbocycles. The van der Waals surface area contributed by atoms with Gasteiger partial charge in [-0.15, -0.1) is 0 Å². The van der Waals surface area contributed by atoms with Crippen molar-refractivity contribution in [3.8, 4) is 5.75 Å². The molecule has 2 heterocycles. The number of thioether (sulfide) groups is 1. The number of epoxide rings is 1. The molecule has 79 heavy (non-hydrogen) atoms. The van der Waals surface area contributed by atoms with Crippen LogP contribution in [0.1, 0.15) is 156 Å². The van der Waals surface area contributed by atoms with Crippen LogP contribution in [0, 0.1) is 24.7 Å². The van der Waals surface area contributed by atoms with Gasteiger partial charge in [-0.1, -0.05) is 88.7 Å². The number of nitrogens with one attached hydrogen (secondary N) is 2. The summed E-state index contributed by atoms with van der Waals surface area (Å²) in [4.78, 5) is 95.5. The molecule has 13 atom stereocenters. The van der Waals surface area contributed by atoms with Crippen LogP contribution in [0.25, 0.3) is 0 Å². The Morgan fingerprint density at radius 1 is 0.975 bits per heavy atom. The van der Waals surface area contributed by atoms with E-state index in [4.69, 9.17) is 33.2 Å². The lowest BCUT2D eigenvalue weighted by Gasteiger charge is -2.47. The van der Waals surface area contributed by atoms with Crippen molar-refractivity contribution in [1.29, 1.82) is 0 Å². The Morgan fingerprint density at radius 2 is 1.70 bits per heavy atom. The summed E-state index contributed by atoms with van der Waals surface area (Å²) in [6.07, 6.45) is 10.2. The van der Waals surface area contributed by atoms with Crippen molar-refractivity contribution >= 4 is 52.5 Å². The summed E-state index contributed by atoms with van der Waals surface area (Å²) in [5, 5.41) is 17.3. The molecule has 18 nitrogen and oxygen atoms in total. The van der Waals surface area contributed by atoms with Crippen molar-refractivity contribution in [1.82, 2.24) is 15.5 Å². The van der Waals surface area contributed by atoms with Crippen LogP contribution < -0.4 is 15.4 Å². The van der Waals surface area contributed by atoms with Gasteiger partial charge in [-0.3, -0.25) is 29.3 Å². The van der Waals surface area contributed by atoms with E-state index in [9.17, 15) is 38.7 Å². The van der Waals surface area contributed by atoms with E-state index in [-0.39, 0.29) is 53.9 Å². The Kier molecular flexibility index (Phi) is 23.8. The zero-order valence-corrected chi connectivity index (χ0v) is 49.8. The van der Waals surface area contributed by atoms with E-state index in [0.29, 0.717) is 44.6 Å². The molecule has 4 bridgehead atoms. The standard InChI is InChI=1S/C60H89N3O15S/c1-14-20-51(65)61-28-29-74-46-22-17-15-16-18-23-47(46)75-54(67)37(3)25-26-38(4)56(69)79-30-27-52(66)63(11)42(8)55(68)76-50-34-45(64)39(5)44-32-43(33-48(72-12)40(44)6)31-36(2)21-19-24-49(73-13)60(71)35-58(9,78-57(70)62-60)41(7)53-59(50,10)77-53/h18-19,21,23-24,32-33,37-39,41-42,46-47,49-50,53,71H,14-17,20,22,25-31,34-35H2,1-13H3,(H,61,65)(H,62,70)/b23-18+,24-19+,36-21+/t37?,38?,39?,41-,42-,46?,47?,49?,50-,53-,58?,59-,60?/m0/s1. The van der Waals surface area contributed by atoms with Crippen LogP contribution in [0.3, 0.4) is 0 Å². The SMILES string of the molecule is CCCC(=O)NCCOC1CCCC/C=C/C1OC(=O)C(C)CCC(C)C(=O)SCCC(=O)N(C)[C@@H](C)C(=O)O[C@H]1CC(=O)C(C)c2cc(cc(OC)c2C)C/C(C)=C/C=C/C(OC)C2(O)CC(C)(OC(=O)N2)[C@@H](C)[C@@H]2O[C@@]12C. The highest BCUT2D eigenvalue weighted by atomic mass is 32.2. The number of amides is 3. The maximum Gasteiger partial charge on any atom is 0.410 e. The van der Waals surface area contributed by atoms with Gasteiger partial charge in [-0.05, 0) is 108 Å². The van der Waals surface area contributed by atoms with E-state index < -0.39 is 89.0 Å². The van der Waals surface area contributed by atoms with E-state index >= 15 is 0 Å². The van der Waals surface area contributed by atoms with Gasteiger partial charge in [-0.2, -0.15) is 0 Å². The molecular weight excluding hydrogens is 1030 g/mol. The van der Waals surface area contributed by atoms with Crippen LogP contribution in [0.15, 0.2) is 48.1 Å². The molecule has 2 aliphatic carbocycles. The molecule has 0 spiro atoms. The first-order valence-corrected chi connectivity index (χ1v) is 29.2. The summed E-state index contributed by atoms with van der Waals surface area (Å²) in [7, 11) is 4.49.